The molecule has 0 aromatic heterocycles. The highest BCUT2D eigenvalue weighted by molar-refractivity contribution is 9.10. The molecule has 1 aliphatic heterocycles. The van der Waals surface area contributed by atoms with Crippen LogP contribution in [-0.2, 0) is 16.1 Å². The molecule has 3 rings (SSSR count). The maximum atomic E-state index is 12.4. The number of nitrogens with zero attached hydrogens (tertiary/aromatic N) is 1. The summed E-state index contributed by atoms with van der Waals surface area (Å²) in [4.78, 5) is 37.0. The monoisotopic (exact) mass is 400 g/mol. The van der Waals surface area contributed by atoms with Gasteiger partial charge in [-0.15, -0.1) is 0 Å². The second kappa shape index (κ2) is 7.19. The van der Waals surface area contributed by atoms with Crippen LogP contribution in [0.3, 0.4) is 0 Å². The van der Waals surface area contributed by atoms with Gasteiger partial charge in [0, 0.05) is 28.6 Å². The van der Waals surface area contributed by atoms with E-state index in [4.69, 9.17) is 0 Å². The Hall–Kier alpha value is -2.47. The topological polar surface area (TPSA) is 66.5 Å². The second-order valence-corrected chi connectivity index (χ2v) is 6.90. The Kier molecular flexibility index (Phi) is 4.99. The van der Waals surface area contributed by atoms with E-state index in [1.165, 1.54) is 4.90 Å². The van der Waals surface area contributed by atoms with E-state index in [0.29, 0.717) is 5.56 Å². The predicted octanol–water partition coefficient (Wildman–Crippen LogP) is 3.66. The first kappa shape index (κ1) is 17.4. The molecule has 0 aliphatic carbocycles. The van der Waals surface area contributed by atoms with Crippen molar-refractivity contribution in [2.24, 2.45) is 0 Å². The van der Waals surface area contributed by atoms with Gasteiger partial charge >= 0.3 is 0 Å². The Morgan fingerprint density at radius 3 is 2.32 bits per heavy atom. The Bertz CT molecular complexity index is 830. The molecule has 6 heteroatoms. The number of hydrogen-bond acceptors (Lipinski definition) is 3. The minimum atomic E-state index is -0.203. The maximum absolute atomic E-state index is 12.4. The summed E-state index contributed by atoms with van der Waals surface area (Å²) in [6, 6.07) is 12.6. The summed E-state index contributed by atoms with van der Waals surface area (Å²) in [5.41, 5.74) is 3.06. The van der Waals surface area contributed by atoms with Crippen LogP contribution < -0.4 is 5.32 Å². The van der Waals surface area contributed by atoms with Crippen molar-refractivity contribution in [1.29, 1.82) is 0 Å². The summed E-state index contributed by atoms with van der Waals surface area (Å²) in [6.45, 7) is 2.18. The van der Waals surface area contributed by atoms with E-state index in [1.807, 2.05) is 25.1 Å². The number of amides is 3. The number of likely N-dealkylation sites (tertiary alicyclic amines) is 1. The third-order valence-electron chi connectivity index (χ3n) is 4.15. The molecular formula is C19H17BrN2O3. The van der Waals surface area contributed by atoms with Crippen molar-refractivity contribution < 1.29 is 14.4 Å². The second-order valence-electron chi connectivity index (χ2n) is 5.98. The van der Waals surface area contributed by atoms with Gasteiger partial charge in [0.05, 0.1) is 6.54 Å². The van der Waals surface area contributed by atoms with Gasteiger partial charge in [-0.25, -0.2) is 0 Å². The molecule has 0 bridgehead atoms. The maximum Gasteiger partial charge on any atom is 0.255 e. The first-order chi connectivity index (χ1) is 11.9. The fourth-order valence-electron chi connectivity index (χ4n) is 2.71. The first-order valence-corrected chi connectivity index (χ1v) is 8.73. The van der Waals surface area contributed by atoms with Crippen molar-refractivity contribution in [3.63, 3.8) is 0 Å². The van der Waals surface area contributed by atoms with Crippen molar-refractivity contribution in [3.05, 3.63) is 63.6 Å². The van der Waals surface area contributed by atoms with Crippen molar-refractivity contribution in [2.75, 3.05) is 5.32 Å². The van der Waals surface area contributed by atoms with Gasteiger partial charge in [-0.3, -0.25) is 19.3 Å². The van der Waals surface area contributed by atoms with Gasteiger partial charge in [0.1, 0.15) is 0 Å². The van der Waals surface area contributed by atoms with E-state index in [1.54, 1.807) is 24.3 Å². The summed E-state index contributed by atoms with van der Waals surface area (Å²) in [7, 11) is 0. The van der Waals surface area contributed by atoms with E-state index >= 15 is 0 Å². The molecule has 2 aromatic rings. The van der Waals surface area contributed by atoms with Crippen LogP contribution in [0.4, 0.5) is 5.69 Å². The zero-order chi connectivity index (χ0) is 18.0. The highest BCUT2D eigenvalue weighted by atomic mass is 79.9. The largest absolute Gasteiger partial charge is 0.322 e. The van der Waals surface area contributed by atoms with Crippen LogP contribution in [0.25, 0.3) is 0 Å². The van der Waals surface area contributed by atoms with E-state index in [9.17, 15) is 14.4 Å². The summed E-state index contributed by atoms with van der Waals surface area (Å²) in [5.74, 6) is -0.486. The number of hydrogen-bond donors (Lipinski definition) is 1. The fraction of sp³-hybridized carbons (Fsp3) is 0.211. The lowest BCUT2D eigenvalue weighted by atomic mass is 10.1. The van der Waals surface area contributed by atoms with Crippen LogP contribution in [0.1, 0.15) is 34.3 Å². The highest BCUT2D eigenvalue weighted by Crippen LogP contribution is 2.21. The number of carbonyl (C=O) groups is 3. The number of nitrogens with one attached hydrogen (secondary N) is 1. The van der Waals surface area contributed by atoms with Crippen molar-refractivity contribution in [2.45, 2.75) is 26.3 Å². The van der Waals surface area contributed by atoms with Crippen molar-refractivity contribution in [3.8, 4) is 0 Å². The molecule has 0 saturated carbocycles. The molecule has 2 aromatic carbocycles. The number of aryl methyl sites for hydroxylation is 1. The first-order valence-electron chi connectivity index (χ1n) is 7.93. The Morgan fingerprint density at radius 2 is 1.72 bits per heavy atom. The Morgan fingerprint density at radius 1 is 1.08 bits per heavy atom. The van der Waals surface area contributed by atoms with Gasteiger partial charge in [-0.1, -0.05) is 28.1 Å². The zero-order valence-corrected chi connectivity index (χ0v) is 15.3. The minimum Gasteiger partial charge on any atom is -0.322 e. The van der Waals surface area contributed by atoms with Crippen LogP contribution >= 0.6 is 15.9 Å². The quantitative estimate of drug-likeness (QED) is 0.796. The molecule has 1 aliphatic rings. The van der Waals surface area contributed by atoms with Gasteiger partial charge in [-0.05, 0) is 48.4 Å². The third-order valence-corrected chi connectivity index (χ3v) is 4.64. The van der Waals surface area contributed by atoms with Crippen molar-refractivity contribution in [1.82, 2.24) is 4.90 Å². The van der Waals surface area contributed by atoms with Gasteiger partial charge < -0.3 is 5.32 Å². The molecule has 1 fully saturated rings. The number of halogens is 1. The number of anilines is 1. The molecule has 3 amide bonds. The highest BCUT2D eigenvalue weighted by Gasteiger charge is 2.28. The lowest BCUT2D eigenvalue weighted by Crippen LogP contribution is -2.28. The van der Waals surface area contributed by atoms with Gasteiger partial charge in [0.15, 0.2) is 0 Å². The molecule has 5 nitrogen and oxygen atoms in total. The van der Waals surface area contributed by atoms with E-state index in [-0.39, 0.29) is 37.1 Å². The molecule has 0 spiro atoms. The number of imide groups is 1. The summed E-state index contributed by atoms with van der Waals surface area (Å²) in [5, 5.41) is 2.88. The normalized spacial score (nSPS) is 14.1. The number of rotatable bonds is 4. The predicted molar refractivity (Wildman–Crippen MR) is 98.1 cm³/mol. The summed E-state index contributed by atoms with van der Waals surface area (Å²) in [6.07, 6.45) is 0.567. The standard InChI is InChI=1S/C19H17BrN2O3/c1-12-10-15(20)6-7-16(12)21-19(25)14-4-2-13(3-5-14)11-22-17(23)8-9-18(22)24/h2-7,10H,8-9,11H2,1H3,(H,21,25). The summed E-state index contributed by atoms with van der Waals surface area (Å²) >= 11 is 3.39. The van der Waals surface area contributed by atoms with Crippen molar-refractivity contribution >= 4 is 39.3 Å². The number of carbonyl (C=O) groups excluding carboxylic acids is 3. The molecule has 1 saturated heterocycles. The smallest absolute Gasteiger partial charge is 0.255 e. The minimum absolute atomic E-state index is 0.141. The molecule has 0 radical (unpaired) electrons. The average Bonchev–Trinajstić information content (AvgIpc) is 2.90. The fourth-order valence-corrected chi connectivity index (χ4v) is 3.18. The van der Waals surface area contributed by atoms with Gasteiger partial charge in [-0.2, -0.15) is 0 Å². The van der Waals surface area contributed by atoms with Crippen LogP contribution in [0.5, 0.6) is 0 Å². The molecular weight excluding hydrogens is 384 g/mol. The Balaban J connectivity index is 1.68. The Labute approximate surface area is 154 Å². The van der Waals surface area contributed by atoms with Crippen LogP contribution in [0, 0.1) is 6.92 Å². The molecule has 1 heterocycles. The number of benzene rings is 2. The lowest BCUT2D eigenvalue weighted by Gasteiger charge is -2.14. The van der Waals surface area contributed by atoms with Crippen LogP contribution in [0.2, 0.25) is 0 Å². The van der Waals surface area contributed by atoms with E-state index in [0.717, 1.165) is 21.3 Å². The average molecular weight is 401 g/mol. The van der Waals surface area contributed by atoms with Gasteiger partial charge in [0.2, 0.25) is 11.8 Å². The molecule has 0 unspecified atom stereocenters. The molecule has 0 atom stereocenters. The zero-order valence-electron chi connectivity index (χ0n) is 13.7. The van der Waals surface area contributed by atoms with Crippen LogP contribution in [0.15, 0.2) is 46.9 Å². The van der Waals surface area contributed by atoms with E-state index in [2.05, 4.69) is 21.2 Å². The summed E-state index contributed by atoms with van der Waals surface area (Å²) < 4.78 is 0.957. The molecule has 1 N–H and O–H groups in total. The molecule has 25 heavy (non-hydrogen) atoms. The lowest BCUT2D eigenvalue weighted by molar-refractivity contribution is -0.139. The molecule has 128 valence electrons. The third kappa shape index (κ3) is 3.96. The van der Waals surface area contributed by atoms with Gasteiger partial charge in [0.25, 0.3) is 5.91 Å². The SMILES string of the molecule is Cc1cc(Br)ccc1NC(=O)c1ccc(CN2C(=O)CCC2=O)cc1. The van der Waals surface area contributed by atoms with E-state index < -0.39 is 0 Å². The van der Waals surface area contributed by atoms with Crippen LogP contribution in [-0.4, -0.2) is 22.6 Å².